The molecule has 2 aromatic carbocycles. The zero-order valence-corrected chi connectivity index (χ0v) is 21.7. The van der Waals surface area contributed by atoms with Crippen molar-refractivity contribution in [1.82, 2.24) is 14.7 Å². The van der Waals surface area contributed by atoms with Gasteiger partial charge in [-0.1, -0.05) is 23.2 Å². The highest BCUT2D eigenvalue weighted by atomic mass is 35.5. The molecular formula is C26H27Cl2FN4O3. The average Bonchev–Trinajstić information content (AvgIpc) is 3.25. The number of hydrogen-bond acceptors (Lipinski definition) is 4. The summed E-state index contributed by atoms with van der Waals surface area (Å²) in [6.45, 7) is 6.47. The summed E-state index contributed by atoms with van der Waals surface area (Å²) >= 11 is 12.2. The van der Waals surface area contributed by atoms with Crippen LogP contribution in [0.3, 0.4) is 0 Å². The van der Waals surface area contributed by atoms with Gasteiger partial charge < -0.3 is 15.0 Å². The average molecular weight is 533 g/mol. The van der Waals surface area contributed by atoms with Gasteiger partial charge in [0.05, 0.1) is 33.9 Å². The second kappa shape index (κ2) is 10.5. The molecule has 1 aliphatic rings. The zero-order valence-electron chi connectivity index (χ0n) is 20.2. The summed E-state index contributed by atoms with van der Waals surface area (Å²) < 4.78 is 20.7. The van der Waals surface area contributed by atoms with Crippen LogP contribution in [0.25, 0.3) is 5.69 Å². The van der Waals surface area contributed by atoms with Gasteiger partial charge in [-0.3, -0.25) is 4.79 Å². The largest absolute Gasteiger partial charge is 0.444 e. The van der Waals surface area contributed by atoms with E-state index in [1.165, 1.54) is 18.3 Å². The summed E-state index contributed by atoms with van der Waals surface area (Å²) in [6.07, 6.45) is 2.40. The van der Waals surface area contributed by atoms with Gasteiger partial charge in [0.15, 0.2) is 0 Å². The molecule has 10 heteroatoms. The first kappa shape index (κ1) is 26.0. The smallest absolute Gasteiger partial charge is 0.410 e. The molecule has 0 radical (unpaired) electrons. The number of halogens is 3. The zero-order chi connectivity index (χ0) is 26.0. The second-order valence-electron chi connectivity index (χ2n) is 9.65. The van der Waals surface area contributed by atoms with Crippen molar-refractivity contribution in [2.75, 3.05) is 18.4 Å². The number of aromatic nitrogens is 2. The molecule has 3 aromatic rings. The van der Waals surface area contributed by atoms with Gasteiger partial charge in [0, 0.05) is 24.0 Å². The van der Waals surface area contributed by atoms with Gasteiger partial charge in [0.2, 0.25) is 0 Å². The van der Waals surface area contributed by atoms with E-state index in [0.717, 1.165) is 17.4 Å². The molecule has 1 N–H and O–H groups in total. The van der Waals surface area contributed by atoms with Crippen LogP contribution in [-0.2, 0) is 4.74 Å². The molecular weight excluding hydrogens is 506 g/mol. The highest BCUT2D eigenvalue weighted by Gasteiger charge is 2.32. The number of carbonyl (C=O) groups is 2. The fraction of sp³-hybridized carbons (Fsp3) is 0.346. The SMILES string of the molecule is CC(C)(C)OC(=O)N1CCC(c2c(C(=O)Nc3ccc(F)cc3Cl)cnn2-c2ccc(Cl)cc2)CC1. The van der Waals surface area contributed by atoms with Crippen molar-refractivity contribution in [2.24, 2.45) is 0 Å². The Morgan fingerprint density at radius 2 is 1.75 bits per heavy atom. The summed E-state index contributed by atoms with van der Waals surface area (Å²) in [4.78, 5) is 27.5. The van der Waals surface area contributed by atoms with Gasteiger partial charge in [0.25, 0.3) is 5.91 Å². The van der Waals surface area contributed by atoms with E-state index in [2.05, 4.69) is 10.4 Å². The number of amides is 2. The van der Waals surface area contributed by atoms with Crippen molar-refractivity contribution in [2.45, 2.75) is 45.1 Å². The molecule has 2 amide bonds. The van der Waals surface area contributed by atoms with E-state index < -0.39 is 17.3 Å². The Bertz CT molecular complexity index is 1260. The molecule has 36 heavy (non-hydrogen) atoms. The Balaban J connectivity index is 1.62. The van der Waals surface area contributed by atoms with E-state index in [9.17, 15) is 14.0 Å². The van der Waals surface area contributed by atoms with Crippen molar-refractivity contribution in [1.29, 1.82) is 0 Å². The standard InChI is InChI=1S/C26H27Cl2FN4O3/c1-26(2,3)36-25(35)32-12-10-16(11-13-32)23-20(15-30-33(23)19-7-4-17(27)5-8-19)24(34)31-22-9-6-18(29)14-21(22)28/h4-9,14-16H,10-13H2,1-3H3,(H,31,34). The molecule has 4 rings (SSSR count). The summed E-state index contributed by atoms with van der Waals surface area (Å²) in [7, 11) is 0. The number of rotatable bonds is 4. The van der Waals surface area contributed by atoms with Crippen molar-refractivity contribution in [3.63, 3.8) is 0 Å². The number of hydrogen-bond donors (Lipinski definition) is 1. The highest BCUT2D eigenvalue weighted by Crippen LogP contribution is 2.34. The van der Waals surface area contributed by atoms with E-state index in [-0.39, 0.29) is 17.0 Å². The van der Waals surface area contributed by atoms with Crippen LogP contribution < -0.4 is 5.32 Å². The predicted octanol–water partition coefficient (Wildman–Crippen LogP) is 6.69. The highest BCUT2D eigenvalue weighted by molar-refractivity contribution is 6.34. The molecule has 0 saturated carbocycles. The lowest BCUT2D eigenvalue weighted by Crippen LogP contribution is -2.41. The molecule has 7 nitrogen and oxygen atoms in total. The van der Waals surface area contributed by atoms with Crippen molar-refractivity contribution < 1.29 is 18.7 Å². The second-order valence-corrected chi connectivity index (χ2v) is 10.5. The lowest BCUT2D eigenvalue weighted by Gasteiger charge is -2.34. The molecule has 0 spiro atoms. The third kappa shape index (κ3) is 5.99. The first-order valence-corrected chi connectivity index (χ1v) is 12.4. The van der Waals surface area contributed by atoms with Crippen LogP contribution in [0.15, 0.2) is 48.7 Å². The van der Waals surface area contributed by atoms with Crippen LogP contribution in [0.2, 0.25) is 10.0 Å². The Kier molecular flexibility index (Phi) is 7.57. The van der Waals surface area contributed by atoms with E-state index in [4.69, 9.17) is 27.9 Å². The minimum atomic E-state index is -0.575. The van der Waals surface area contributed by atoms with Crippen molar-refractivity contribution >= 4 is 40.9 Å². The molecule has 1 saturated heterocycles. The molecule has 0 atom stereocenters. The molecule has 1 aliphatic heterocycles. The number of piperidine rings is 1. The summed E-state index contributed by atoms with van der Waals surface area (Å²) in [5, 5.41) is 7.95. The van der Waals surface area contributed by atoms with Gasteiger partial charge in [-0.05, 0) is 76.1 Å². The van der Waals surface area contributed by atoms with Crippen LogP contribution in [0.4, 0.5) is 14.9 Å². The maximum Gasteiger partial charge on any atom is 0.410 e. The maximum atomic E-state index is 13.5. The lowest BCUT2D eigenvalue weighted by molar-refractivity contribution is 0.0203. The van der Waals surface area contributed by atoms with Crippen LogP contribution in [-0.4, -0.2) is 45.4 Å². The molecule has 190 valence electrons. The number of ether oxygens (including phenoxy) is 1. The fourth-order valence-electron chi connectivity index (χ4n) is 4.16. The number of nitrogens with one attached hydrogen (secondary N) is 1. The predicted molar refractivity (Wildman–Crippen MR) is 138 cm³/mol. The van der Waals surface area contributed by atoms with Crippen LogP contribution >= 0.6 is 23.2 Å². The summed E-state index contributed by atoms with van der Waals surface area (Å²) in [6, 6.07) is 10.9. The third-order valence-electron chi connectivity index (χ3n) is 5.83. The Hall–Kier alpha value is -3.10. The monoisotopic (exact) mass is 532 g/mol. The van der Waals surface area contributed by atoms with Crippen LogP contribution in [0, 0.1) is 5.82 Å². The normalized spacial score (nSPS) is 14.6. The van der Waals surface area contributed by atoms with Gasteiger partial charge in [-0.2, -0.15) is 5.10 Å². The molecule has 1 aromatic heterocycles. The topological polar surface area (TPSA) is 76.5 Å². The summed E-state index contributed by atoms with van der Waals surface area (Å²) in [5.41, 5.74) is 1.57. The van der Waals surface area contributed by atoms with Crippen LogP contribution in [0.5, 0.6) is 0 Å². The van der Waals surface area contributed by atoms with Gasteiger partial charge >= 0.3 is 6.09 Å². The minimum Gasteiger partial charge on any atom is -0.444 e. The van der Waals surface area contributed by atoms with E-state index in [1.807, 2.05) is 32.9 Å². The lowest BCUT2D eigenvalue weighted by atomic mass is 9.90. The molecule has 0 aliphatic carbocycles. The van der Waals surface area contributed by atoms with Crippen LogP contribution in [0.1, 0.15) is 55.6 Å². The number of likely N-dealkylation sites (tertiary alicyclic amines) is 1. The number of carbonyl (C=O) groups excluding carboxylic acids is 2. The number of benzene rings is 2. The van der Waals surface area contributed by atoms with E-state index >= 15 is 0 Å². The van der Waals surface area contributed by atoms with Gasteiger partial charge in [0.1, 0.15) is 11.4 Å². The van der Waals surface area contributed by atoms with Crippen molar-refractivity contribution in [3.05, 3.63) is 75.8 Å². The van der Waals surface area contributed by atoms with E-state index in [1.54, 1.807) is 21.7 Å². The maximum absolute atomic E-state index is 13.5. The first-order chi connectivity index (χ1) is 17.0. The van der Waals surface area contributed by atoms with Gasteiger partial charge in [-0.15, -0.1) is 0 Å². The molecule has 1 fully saturated rings. The summed E-state index contributed by atoms with van der Waals surface area (Å²) in [5.74, 6) is -0.953. The van der Waals surface area contributed by atoms with Crippen molar-refractivity contribution in [3.8, 4) is 5.69 Å². The third-order valence-corrected chi connectivity index (χ3v) is 6.40. The van der Waals surface area contributed by atoms with E-state index in [0.29, 0.717) is 42.2 Å². The first-order valence-electron chi connectivity index (χ1n) is 11.6. The Morgan fingerprint density at radius 3 is 2.36 bits per heavy atom. The minimum absolute atomic E-state index is 0.0497. The molecule has 2 heterocycles. The van der Waals surface area contributed by atoms with Gasteiger partial charge in [-0.25, -0.2) is 13.9 Å². The Labute approximate surface area is 219 Å². The number of anilines is 1. The molecule has 0 bridgehead atoms. The fourth-order valence-corrected chi connectivity index (χ4v) is 4.50. The molecule has 0 unspecified atom stereocenters. The number of nitrogens with zero attached hydrogens (tertiary/aromatic N) is 3. The quantitative estimate of drug-likeness (QED) is 0.406. The Morgan fingerprint density at radius 1 is 1.08 bits per heavy atom.